The van der Waals surface area contributed by atoms with E-state index < -0.39 is 0 Å². The number of hydrogen-bond acceptors (Lipinski definition) is 5. The lowest BCUT2D eigenvalue weighted by molar-refractivity contribution is -0.125. The van der Waals surface area contributed by atoms with Crippen molar-refractivity contribution in [3.8, 4) is 0 Å². The van der Waals surface area contributed by atoms with Gasteiger partial charge >= 0.3 is 0 Å². The summed E-state index contributed by atoms with van der Waals surface area (Å²) in [7, 11) is 0. The van der Waals surface area contributed by atoms with E-state index in [0.29, 0.717) is 18.2 Å². The van der Waals surface area contributed by atoms with Crippen LogP contribution in [0, 0.1) is 6.92 Å². The number of nitrogens with one attached hydrogen (secondary N) is 2. The Labute approximate surface area is 103 Å². The third-order valence-electron chi connectivity index (χ3n) is 2.35. The molecule has 0 radical (unpaired) electrons. The van der Waals surface area contributed by atoms with Gasteiger partial charge in [0, 0.05) is 18.5 Å². The van der Waals surface area contributed by atoms with Crippen LogP contribution in [0.25, 0.3) is 0 Å². The van der Waals surface area contributed by atoms with Gasteiger partial charge in [0.1, 0.15) is 0 Å². The molecule has 1 aromatic heterocycles. The SMILES string of the molecule is Cc1csc(NC(=O)CN2CCNC(=O)C2)n1. The van der Waals surface area contributed by atoms with Crippen LogP contribution in [0.15, 0.2) is 5.38 Å². The second-order valence-corrected chi connectivity index (χ2v) is 4.76. The van der Waals surface area contributed by atoms with Crippen molar-refractivity contribution < 1.29 is 9.59 Å². The van der Waals surface area contributed by atoms with Gasteiger partial charge in [0.15, 0.2) is 5.13 Å². The van der Waals surface area contributed by atoms with E-state index in [9.17, 15) is 9.59 Å². The Bertz CT molecular complexity index is 432. The second-order valence-electron chi connectivity index (χ2n) is 3.90. The maximum absolute atomic E-state index is 11.7. The number of carbonyl (C=O) groups excluding carboxylic acids is 2. The van der Waals surface area contributed by atoms with Crippen LogP contribution in [0.5, 0.6) is 0 Å². The van der Waals surface area contributed by atoms with Crippen LogP contribution in [-0.4, -0.2) is 47.9 Å². The molecule has 17 heavy (non-hydrogen) atoms. The first kappa shape index (κ1) is 12.0. The fraction of sp³-hybridized carbons (Fsp3) is 0.500. The minimum Gasteiger partial charge on any atom is -0.354 e. The van der Waals surface area contributed by atoms with E-state index in [-0.39, 0.29) is 24.9 Å². The Kier molecular flexibility index (Phi) is 3.70. The highest BCUT2D eigenvalue weighted by molar-refractivity contribution is 7.13. The summed E-state index contributed by atoms with van der Waals surface area (Å²) >= 11 is 1.40. The maximum atomic E-state index is 11.7. The molecule has 0 bridgehead atoms. The van der Waals surface area contributed by atoms with E-state index in [1.54, 1.807) is 0 Å². The van der Waals surface area contributed by atoms with Crippen molar-refractivity contribution >= 4 is 28.3 Å². The van der Waals surface area contributed by atoms with E-state index in [0.717, 1.165) is 5.69 Å². The van der Waals surface area contributed by atoms with E-state index in [1.165, 1.54) is 11.3 Å². The number of rotatable bonds is 3. The van der Waals surface area contributed by atoms with Gasteiger partial charge in [-0.2, -0.15) is 0 Å². The summed E-state index contributed by atoms with van der Waals surface area (Å²) in [5.41, 5.74) is 0.891. The predicted molar refractivity (Wildman–Crippen MR) is 64.9 cm³/mol. The van der Waals surface area contributed by atoms with Crippen LogP contribution < -0.4 is 10.6 Å². The van der Waals surface area contributed by atoms with Gasteiger partial charge in [0.2, 0.25) is 11.8 Å². The zero-order valence-corrected chi connectivity index (χ0v) is 10.3. The molecule has 7 heteroatoms. The number of hydrogen-bond donors (Lipinski definition) is 2. The first-order valence-electron chi connectivity index (χ1n) is 5.34. The molecule has 1 aromatic rings. The number of piperazine rings is 1. The van der Waals surface area contributed by atoms with E-state index in [4.69, 9.17) is 0 Å². The van der Waals surface area contributed by atoms with Crippen molar-refractivity contribution in [2.24, 2.45) is 0 Å². The zero-order valence-electron chi connectivity index (χ0n) is 9.52. The molecule has 1 aliphatic heterocycles. The minimum atomic E-state index is -0.131. The van der Waals surface area contributed by atoms with Gasteiger partial charge in [-0.1, -0.05) is 0 Å². The number of anilines is 1. The summed E-state index contributed by atoms with van der Waals surface area (Å²) in [6, 6.07) is 0. The zero-order chi connectivity index (χ0) is 12.3. The van der Waals surface area contributed by atoms with Gasteiger partial charge < -0.3 is 10.6 Å². The number of amides is 2. The fourth-order valence-electron chi connectivity index (χ4n) is 1.60. The molecule has 0 saturated carbocycles. The Morgan fingerprint density at radius 1 is 1.71 bits per heavy atom. The Balaban J connectivity index is 1.82. The molecule has 92 valence electrons. The van der Waals surface area contributed by atoms with Crippen molar-refractivity contribution in [1.29, 1.82) is 0 Å². The predicted octanol–water partition coefficient (Wildman–Crippen LogP) is -0.178. The summed E-state index contributed by atoms with van der Waals surface area (Å²) in [5.74, 6) is -0.164. The summed E-state index contributed by atoms with van der Waals surface area (Å²) in [6.45, 7) is 3.69. The number of thiazole rings is 1. The third kappa shape index (κ3) is 3.50. The molecule has 2 N–H and O–H groups in total. The molecule has 1 aliphatic rings. The van der Waals surface area contributed by atoms with Crippen LogP contribution in [0.3, 0.4) is 0 Å². The van der Waals surface area contributed by atoms with E-state index in [1.807, 2.05) is 17.2 Å². The second kappa shape index (κ2) is 5.24. The summed E-state index contributed by atoms with van der Waals surface area (Å²) in [5, 5.41) is 7.92. The average Bonchev–Trinajstić information content (AvgIpc) is 2.63. The molecule has 1 fully saturated rings. The van der Waals surface area contributed by atoms with Crippen LogP contribution >= 0.6 is 11.3 Å². The molecule has 2 amide bonds. The van der Waals surface area contributed by atoms with Crippen LogP contribution in [0.1, 0.15) is 5.69 Å². The Morgan fingerprint density at radius 2 is 2.53 bits per heavy atom. The Morgan fingerprint density at radius 3 is 3.18 bits per heavy atom. The lowest BCUT2D eigenvalue weighted by atomic mass is 10.3. The quantitative estimate of drug-likeness (QED) is 0.785. The highest BCUT2D eigenvalue weighted by atomic mass is 32.1. The minimum absolute atomic E-state index is 0.0332. The summed E-state index contributed by atoms with van der Waals surface area (Å²) < 4.78 is 0. The maximum Gasteiger partial charge on any atom is 0.240 e. The molecule has 2 heterocycles. The van der Waals surface area contributed by atoms with Crippen LogP contribution in [0.4, 0.5) is 5.13 Å². The first-order chi connectivity index (χ1) is 8.13. The molecule has 0 spiro atoms. The lowest BCUT2D eigenvalue weighted by Gasteiger charge is -2.25. The van der Waals surface area contributed by atoms with Crippen molar-refractivity contribution in [1.82, 2.24) is 15.2 Å². The molecule has 1 saturated heterocycles. The molecular weight excluding hydrogens is 240 g/mol. The van der Waals surface area contributed by atoms with Gasteiger partial charge in [-0.25, -0.2) is 4.98 Å². The highest BCUT2D eigenvalue weighted by Crippen LogP contribution is 2.14. The molecule has 6 nitrogen and oxygen atoms in total. The monoisotopic (exact) mass is 254 g/mol. The summed E-state index contributed by atoms with van der Waals surface area (Å²) in [4.78, 5) is 28.8. The molecule has 0 unspecified atom stereocenters. The van der Waals surface area contributed by atoms with Gasteiger partial charge in [0.05, 0.1) is 18.8 Å². The Hall–Kier alpha value is -1.47. The topological polar surface area (TPSA) is 74.3 Å². The van der Waals surface area contributed by atoms with Crippen LogP contribution in [0.2, 0.25) is 0 Å². The molecule has 0 aromatic carbocycles. The van der Waals surface area contributed by atoms with Gasteiger partial charge in [-0.3, -0.25) is 14.5 Å². The van der Waals surface area contributed by atoms with Crippen molar-refractivity contribution in [2.75, 3.05) is 31.5 Å². The van der Waals surface area contributed by atoms with Crippen LogP contribution in [-0.2, 0) is 9.59 Å². The van der Waals surface area contributed by atoms with Gasteiger partial charge in [-0.15, -0.1) is 11.3 Å². The van der Waals surface area contributed by atoms with E-state index in [2.05, 4.69) is 15.6 Å². The molecule has 0 aliphatic carbocycles. The lowest BCUT2D eigenvalue weighted by Crippen LogP contribution is -2.49. The van der Waals surface area contributed by atoms with E-state index >= 15 is 0 Å². The van der Waals surface area contributed by atoms with Crippen molar-refractivity contribution in [3.63, 3.8) is 0 Å². The normalized spacial score (nSPS) is 16.6. The molecular formula is C10H14N4O2S. The highest BCUT2D eigenvalue weighted by Gasteiger charge is 2.18. The standard InChI is InChI=1S/C10H14N4O2S/c1-7-6-17-10(12-7)13-9(16)5-14-3-2-11-8(15)4-14/h6H,2-5H2,1H3,(H,11,15)(H,12,13,16). The number of aromatic nitrogens is 1. The largest absolute Gasteiger partial charge is 0.354 e. The van der Waals surface area contributed by atoms with Gasteiger partial charge in [0.25, 0.3) is 0 Å². The summed E-state index contributed by atoms with van der Waals surface area (Å²) in [6.07, 6.45) is 0. The molecule has 2 rings (SSSR count). The number of nitrogens with zero attached hydrogens (tertiary/aromatic N) is 2. The average molecular weight is 254 g/mol. The third-order valence-corrected chi connectivity index (χ3v) is 3.23. The van der Waals surface area contributed by atoms with Crippen molar-refractivity contribution in [3.05, 3.63) is 11.1 Å². The van der Waals surface area contributed by atoms with Crippen molar-refractivity contribution in [2.45, 2.75) is 6.92 Å². The first-order valence-corrected chi connectivity index (χ1v) is 6.22. The van der Waals surface area contributed by atoms with Gasteiger partial charge in [-0.05, 0) is 6.92 Å². The number of carbonyl (C=O) groups is 2. The fourth-order valence-corrected chi connectivity index (χ4v) is 2.30. The number of aryl methyl sites for hydroxylation is 1. The molecule has 0 atom stereocenters. The smallest absolute Gasteiger partial charge is 0.240 e.